The first-order valence-corrected chi connectivity index (χ1v) is 9.05. The molecule has 0 radical (unpaired) electrons. The van der Waals surface area contributed by atoms with Gasteiger partial charge in [-0.1, -0.05) is 11.6 Å². The molecule has 0 aliphatic carbocycles. The maximum atomic E-state index is 12.4. The highest BCUT2D eigenvalue weighted by atomic mass is 35.5. The summed E-state index contributed by atoms with van der Waals surface area (Å²) in [6, 6.07) is 7.64. The number of hydrogen-bond acceptors (Lipinski definition) is 8. The fraction of sp³-hybridized carbons (Fsp3) is 0.211. The average Bonchev–Trinajstić information content (AvgIpc) is 2.72. The second kappa shape index (κ2) is 10.3. The van der Waals surface area contributed by atoms with E-state index in [-0.39, 0.29) is 27.8 Å². The first kappa shape index (κ1) is 23.4. The number of esters is 1. The van der Waals surface area contributed by atoms with Crippen molar-refractivity contribution in [2.45, 2.75) is 13.0 Å². The van der Waals surface area contributed by atoms with E-state index in [0.29, 0.717) is 5.69 Å². The Morgan fingerprint density at radius 1 is 1.23 bits per heavy atom. The Morgan fingerprint density at radius 2 is 1.87 bits per heavy atom. The van der Waals surface area contributed by atoms with E-state index in [1.807, 2.05) is 0 Å². The van der Waals surface area contributed by atoms with Crippen molar-refractivity contribution in [1.29, 1.82) is 0 Å². The second-order valence-electron chi connectivity index (χ2n) is 6.09. The van der Waals surface area contributed by atoms with Gasteiger partial charge in [-0.2, -0.15) is 0 Å². The molecule has 12 heteroatoms. The van der Waals surface area contributed by atoms with Gasteiger partial charge in [0, 0.05) is 17.8 Å². The number of nitrogens with one attached hydrogen (secondary N) is 1. The van der Waals surface area contributed by atoms with Crippen LogP contribution >= 0.6 is 11.6 Å². The number of nitrogens with two attached hydrogens (primary N) is 1. The molecule has 1 unspecified atom stereocenters. The number of rotatable bonds is 9. The van der Waals surface area contributed by atoms with E-state index >= 15 is 0 Å². The lowest BCUT2D eigenvalue weighted by Gasteiger charge is -2.15. The Bertz CT molecular complexity index is 1010. The van der Waals surface area contributed by atoms with Crippen molar-refractivity contribution < 1.29 is 33.5 Å². The monoisotopic (exact) mass is 451 g/mol. The van der Waals surface area contributed by atoms with Gasteiger partial charge in [0.05, 0.1) is 22.6 Å². The van der Waals surface area contributed by atoms with Crippen LogP contribution in [0.1, 0.15) is 17.3 Å². The summed E-state index contributed by atoms with van der Waals surface area (Å²) in [5.41, 5.74) is 5.16. The molecule has 2 aromatic carbocycles. The van der Waals surface area contributed by atoms with Crippen LogP contribution in [0.4, 0.5) is 11.4 Å². The molecule has 0 saturated carbocycles. The van der Waals surface area contributed by atoms with E-state index in [9.17, 15) is 24.5 Å². The van der Waals surface area contributed by atoms with Gasteiger partial charge in [0.15, 0.2) is 24.2 Å². The maximum Gasteiger partial charge on any atom is 0.339 e. The zero-order chi connectivity index (χ0) is 23.1. The summed E-state index contributed by atoms with van der Waals surface area (Å²) in [6.07, 6.45) is -1.20. The molecule has 2 rings (SSSR count). The Morgan fingerprint density at radius 3 is 2.42 bits per heavy atom. The predicted octanol–water partition coefficient (Wildman–Crippen LogP) is 2.30. The van der Waals surface area contributed by atoms with Crippen LogP contribution < -0.4 is 20.5 Å². The predicted molar refractivity (Wildman–Crippen MR) is 109 cm³/mol. The van der Waals surface area contributed by atoms with Crippen molar-refractivity contribution in [3.63, 3.8) is 0 Å². The van der Waals surface area contributed by atoms with Gasteiger partial charge in [-0.05, 0) is 31.2 Å². The molecule has 2 aromatic rings. The topological polar surface area (TPSA) is 160 Å². The zero-order valence-corrected chi connectivity index (χ0v) is 17.2. The van der Waals surface area contributed by atoms with Crippen LogP contribution in [0.25, 0.3) is 0 Å². The molecule has 0 spiro atoms. The Labute approximate surface area is 181 Å². The molecule has 0 heterocycles. The van der Waals surface area contributed by atoms with E-state index in [4.69, 9.17) is 31.5 Å². The number of halogens is 1. The van der Waals surface area contributed by atoms with Crippen LogP contribution in [0.5, 0.6) is 11.5 Å². The van der Waals surface area contributed by atoms with Gasteiger partial charge in [-0.3, -0.25) is 19.7 Å². The normalized spacial score (nSPS) is 11.2. The van der Waals surface area contributed by atoms with Gasteiger partial charge in [-0.15, -0.1) is 0 Å². The number of ether oxygens (including phenoxy) is 3. The van der Waals surface area contributed by atoms with E-state index in [1.165, 1.54) is 50.4 Å². The fourth-order valence-corrected chi connectivity index (χ4v) is 2.58. The lowest BCUT2D eigenvalue weighted by atomic mass is 10.2. The summed E-state index contributed by atoms with van der Waals surface area (Å²) in [4.78, 5) is 45.7. The second-order valence-corrected chi connectivity index (χ2v) is 6.49. The van der Waals surface area contributed by atoms with Gasteiger partial charge < -0.3 is 25.3 Å². The Balaban J connectivity index is 2.07. The van der Waals surface area contributed by atoms with Gasteiger partial charge in [0.2, 0.25) is 0 Å². The first-order chi connectivity index (χ1) is 14.6. The molecule has 3 N–H and O–H groups in total. The molecular weight excluding hydrogens is 434 g/mol. The molecule has 0 aliphatic rings. The molecule has 11 nitrogen and oxygen atoms in total. The Kier molecular flexibility index (Phi) is 7.75. The van der Waals surface area contributed by atoms with Crippen molar-refractivity contribution in [3.05, 3.63) is 57.1 Å². The quantitative estimate of drug-likeness (QED) is 0.333. The molecule has 0 saturated heterocycles. The molecule has 2 amide bonds. The number of carbonyl (C=O) groups excluding carboxylic acids is 3. The molecule has 1 atom stereocenters. The van der Waals surface area contributed by atoms with Crippen LogP contribution in [0.3, 0.4) is 0 Å². The summed E-state index contributed by atoms with van der Waals surface area (Å²) < 4.78 is 15.4. The summed E-state index contributed by atoms with van der Waals surface area (Å²) in [5.74, 6) is -2.17. The number of nitrogens with zero attached hydrogens (tertiary/aromatic N) is 1. The van der Waals surface area contributed by atoms with Crippen molar-refractivity contribution >= 4 is 40.8 Å². The van der Waals surface area contributed by atoms with Crippen LogP contribution in [0.2, 0.25) is 5.02 Å². The van der Waals surface area contributed by atoms with Gasteiger partial charge >= 0.3 is 5.97 Å². The standard InChI is InChI=1S/C19H18ClN3O8/c1-10(18(25)22-12-3-5-13(6-4-12)23(27)28)31-19(26)11-7-14(20)17(15(8-11)29-2)30-9-16(21)24/h3-8,10H,9H2,1-2H3,(H2,21,24)(H,22,25). The number of carbonyl (C=O) groups is 3. The van der Waals surface area contributed by atoms with Crippen molar-refractivity contribution in [2.24, 2.45) is 5.73 Å². The van der Waals surface area contributed by atoms with E-state index in [1.54, 1.807) is 0 Å². The number of primary amides is 1. The van der Waals surface area contributed by atoms with E-state index in [2.05, 4.69) is 5.32 Å². The van der Waals surface area contributed by atoms with Gasteiger partial charge in [-0.25, -0.2) is 4.79 Å². The summed E-state index contributed by atoms with van der Waals surface area (Å²) in [7, 11) is 1.30. The number of non-ortho nitro benzene ring substituents is 1. The van der Waals surface area contributed by atoms with Crippen molar-refractivity contribution in [1.82, 2.24) is 0 Å². The lowest BCUT2D eigenvalue weighted by Crippen LogP contribution is -2.30. The number of amides is 2. The van der Waals surface area contributed by atoms with Gasteiger partial charge in [0.1, 0.15) is 0 Å². The van der Waals surface area contributed by atoms with E-state index < -0.39 is 35.4 Å². The summed E-state index contributed by atoms with van der Waals surface area (Å²) in [5, 5.41) is 13.1. The highest BCUT2D eigenvalue weighted by Gasteiger charge is 2.22. The van der Waals surface area contributed by atoms with Crippen molar-refractivity contribution in [2.75, 3.05) is 19.0 Å². The fourth-order valence-electron chi connectivity index (χ4n) is 2.31. The summed E-state index contributed by atoms with van der Waals surface area (Å²) >= 11 is 6.09. The molecule has 0 bridgehead atoms. The number of nitro groups is 1. The lowest BCUT2D eigenvalue weighted by molar-refractivity contribution is -0.384. The van der Waals surface area contributed by atoms with Crippen molar-refractivity contribution in [3.8, 4) is 11.5 Å². The number of hydrogen-bond donors (Lipinski definition) is 2. The third-order valence-corrected chi connectivity index (χ3v) is 4.10. The number of methoxy groups -OCH3 is 1. The molecule has 0 aromatic heterocycles. The number of nitro benzene ring substituents is 1. The Hall–Kier alpha value is -3.86. The molecule has 0 aliphatic heterocycles. The van der Waals surface area contributed by atoms with Gasteiger partial charge in [0.25, 0.3) is 17.5 Å². The van der Waals surface area contributed by atoms with E-state index in [0.717, 1.165) is 0 Å². The molecule has 164 valence electrons. The highest BCUT2D eigenvalue weighted by molar-refractivity contribution is 6.32. The molecular formula is C19H18ClN3O8. The van der Waals surface area contributed by atoms with Crippen LogP contribution in [-0.4, -0.2) is 42.5 Å². The van der Waals surface area contributed by atoms with Crippen LogP contribution in [0.15, 0.2) is 36.4 Å². The van der Waals surface area contributed by atoms with Crippen LogP contribution in [-0.2, 0) is 14.3 Å². The average molecular weight is 452 g/mol. The largest absolute Gasteiger partial charge is 0.493 e. The summed E-state index contributed by atoms with van der Waals surface area (Å²) in [6.45, 7) is 0.904. The third-order valence-electron chi connectivity index (χ3n) is 3.82. The van der Waals surface area contributed by atoms with Crippen LogP contribution in [0, 0.1) is 10.1 Å². The SMILES string of the molecule is COc1cc(C(=O)OC(C)C(=O)Nc2ccc([N+](=O)[O-])cc2)cc(Cl)c1OCC(N)=O. The minimum absolute atomic E-state index is 0.0171. The minimum Gasteiger partial charge on any atom is -0.493 e. The zero-order valence-electron chi connectivity index (χ0n) is 16.4. The maximum absolute atomic E-state index is 12.4. The molecule has 0 fully saturated rings. The number of benzene rings is 2. The number of anilines is 1. The smallest absolute Gasteiger partial charge is 0.339 e. The first-order valence-electron chi connectivity index (χ1n) is 8.67. The molecule has 31 heavy (non-hydrogen) atoms. The third kappa shape index (κ3) is 6.31. The highest BCUT2D eigenvalue weighted by Crippen LogP contribution is 2.36. The minimum atomic E-state index is -1.20.